The third-order valence-corrected chi connectivity index (χ3v) is 25.8. The van der Waals surface area contributed by atoms with Gasteiger partial charge in [0.05, 0.1) is 76.3 Å². The molecule has 31 heteroatoms. The molecule has 0 aromatic heterocycles. The van der Waals surface area contributed by atoms with Gasteiger partial charge in [-0.15, -0.1) is 0 Å². The van der Waals surface area contributed by atoms with Gasteiger partial charge >= 0.3 is 0 Å². The summed E-state index contributed by atoms with van der Waals surface area (Å²) in [5.74, 6) is 3.84. The topological polar surface area (TPSA) is 277 Å². The van der Waals surface area contributed by atoms with E-state index in [9.17, 15) is 28.8 Å². The minimum Gasteiger partial charge on any atom is -0.493 e. The summed E-state index contributed by atoms with van der Waals surface area (Å²) in [6, 6.07) is 49.6. The molecule has 9 aromatic carbocycles. The minimum atomic E-state index is -0.374. The van der Waals surface area contributed by atoms with Crippen LogP contribution >= 0.6 is 69.6 Å². The lowest BCUT2D eigenvalue weighted by atomic mass is 9.90. The van der Waals surface area contributed by atoms with Crippen LogP contribution in [0.25, 0.3) is 0 Å². The summed E-state index contributed by atoms with van der Waals surface area (Å²) in [6.07, 6.45) is 8.73. The Balaban J connectivity index is 0.000000169. The number of rotatable bonds is 37. The molecule has 6 atom stereocenters. The van der Waals surface area contributed by atoms with Crippen molar-refractivity contribution in [1.82, 2.24) is 46.6 Å². The minimum absolute atomic E-state index is 0.0195. The zero-order chi connectivity index (χ0) is 94.4. The fourth-order valence-corrected chi connectivity index (χ4v) is 19.0. The van der Waals surface area contributed by atoms with Crippen molar-refractivity contribution in [2.75, 3.05) is 107 Å². The van der Waals surface area contributed by atoms with Crippen LogP contribution in [-0.4, -0.2) is 194 Å². The van der Waals surface area contributed by atoms with Crippen molar-refractivity contribution in [3.05, 3.63) is 255 Å². The van der Waals surface area contributed by atoms with E-state index < -0.39 is 0 Å². The number of carbonyl (C=O) groups is 6. The van der Waals surface area contributed by atoms with Gasteiger partial charge in [0.15, 0.2) is 40.2 Å². The molecular formula is C102H117Cl6N9O16. The molecule has 0 spiro atoms. The third-order valence-electron chi connectivity index (χ3n) is 24.1. The molecule has 6 fully saturated rings. The molecule has 15 rings (SSSR count). The van der Waals surface area contributed by atoms with Gasteiger partial charge in [-0.05, 0) is 266 Å². The van der Waals surface area contributed by atoms with Crippen molar-refractivity contribution in [3.63, 3.8) is 0 Å². The predicted octanol–water partition coefficient (Wildman–Crippen LogP) is 17.6. The van der Waals surface area contributed by atoms with E-state index in [1.54, 1.807) is 138 Å². The van der Waals surface area contributed by atoms with Crippen molar-refractivity contribution in [3.8, 4) is 57.5 Å². The molecule has 3 saturated heterocycles. The molecular weight excluding hydrogens is 1820 g/mol. The highest BCUT2D eigenvalue weighted by molar-refractivity contribution is 6.38. The molecule has 6 unspecified atom stereocenters. The number of piperidine rings is 3. The van der Waals surface area contributed by atoms with Crippen molar-refractivity contribution < 1.29 is 76.1 Å². The Hall–Kier alpha value is -10.6. The Morgan fingerprint density at radius 2 is 0.707 bits per heavy atom. The number of hydrogen-bond donors (Lipinski definition) is 6. The number of likely N-dealkylation sites (tertiary alicyclic amines) is 2. The van der Waals surface area contributed by atoms with Crippen LogP contribution in [0.4, 0.5) is 0 Å². The van der Waals surface area contributed by atoms with Gasteiger partial charge in [-0.2, -0.15) is 0 Å². The normalized spacial score (nSPS) is 18.2. The number of halogens is 6. The summed E-state index contributed by atoms with van der Waals surface area (Å²) >= 11 is 37.4. The van der Waals surface area contributed by atoms with Crippen molar-refractivity contribution >= 4 is 105 Å². The zero-order valence-corrected chi connectivity index (χ0v) is 80.9. The first-order valence-corrected chi connectivity index (χ1v) is 47.4. The number of hydrogen-bond acceptors (Lipinski definition) is 19. The molecule has 133 heavy (non-hydrogen) atoms. The molecule has 0 radical (unpaired) electrons. The number of ether oxygens (including phenoxy) is 10. The summed E-state index contributed by atoms with van der Waals surface area (Å²) in [7, 11) is 6.37. The van der Waals surface area contributed by atoms with Crippen LogP contribution in [0.5, 0.6) is 57.5 Å². The largest absolute Gasteiger partial charge is 0.493 e. The molecule has 3 saturated carbocycles. The fourth-order valence-electron chi connectivity index (χ4n) is 16.9. The maximum absolute atomic E-state index is 13.9. The highest BCUT2D eigenvalue weighted by Gasteiger charge is 2.44. The van der Waals surface area contributed by atoms with Gasteiger partial charge < -0.3 is 84.2 Å². The van der Waals surface area contributed by atoms with E-state index in [0.29, 0.717) is 169 Å². The SMILES string of the molecule is COc1ccc(CN(C(=O)C2CNCCC2NC(=O)c2ccc(OCCOc3c(Cl)cc(C)cc3Cl)cc2)C2CC2)cc1OC.COc1ccc(CNC(=O)C2CN(C3CC3)CCC2NC(=O)c2ccc(OCCOc3c(Cl)cc(C)cc3Cl)cc2)cc1OC.Cc1cc(C)cc(CNC(=O)C2CN(C3CC3)CCC2NC(=O)c2ccc(OCCOc3c(Cl)cc(C)cc3Cl)cc2)c1. The van der Waals surface area contributed by atoms with E-state index in [2.05, 4.69) is 73.7 Å². The second-order valence-electron chi connectivity index (χ2n) is 34.4. The first-order valence-electron chi connectivity index (χ1n) is 45.1. The molecule has 25 nitrogen and oxygen atoms in total. The average molecular weight is 1940 g/mol. The maximum Gasteiger partial charge on any atom is 0.251 e. The Bertz CT molecular complexity index is 5300. The third kappa shape index (κ3) is 28.5. The first-order chi connectivity index (χ1) is 64.2. The monoisotopic (exact) mass is 1930 g/mol. The summed E-state index contributed by atoms with van der Waals surface area (Å²) in [6.45, 7) is 16.9. The van der Waals surface area contributed by atoms with Gasteiger partial charge in [0, 0.05) is 105 Å². The molecule has 3 aliphatic carbocycles. The number of carbonyl (C=O) groups excluding carboxylic acids is 6. The van der Waals surface area contributed by atoms with Crippen LogP contribution in [-0.2, 0) is 34.0 Å². The Morgan fingerprint density at radius 3 is 1.07 bits per heavy atom. The highest BCUT2D eigenvalue weighted by Crippen LogP contribution is 2.41. The van der Waals surface area contributed by atoms with E-state index in [4.69, 9.17) is 117 Å². The molecule has 0 bridgehead atoms. The van der Waals surface area contributed by atoms with Gasteiger partial charge in [-0.1, -0.05) is 111 Å². The molecule has 6 amide bonds. The average Bonchev–Trinajstić information content (AvgIpc) is 1.73. The number of amides is 6. The molecule has 3 aliphatic heterocycles. The zero-order valence-electron chi connectivity index (χ0n) is 76.4. The summed E-state index contributed by atoms with van der Waals surface area (Å²) in [4.78, 5) is 87.4. The quantitative estimate of drug-likeness (QED) is 0.0197. The van der Waals surface area contributed by atoms with Crippen LogP contribution in [0.2, 0.25) is 30.1 Å². The predicted molar refractivity (Wildman–Crippen MR) is 518 cm³/mol. The molecule has 9 aromatic rings. The van der Waals surface area contributed by atoms with Crippen LogP contribution < -0.4 is 79.3 Å². The van der Waals surface area contributed by atoms with Crippen LogP contribution in [0.15, 0.2) is 164 Å². The first kappa shape index (κ1) is 99.9. The second kappa shape index (κ2) is 48.1. The van der Waals surface area contributed by atoms with E-state index in [-0.39, 0.29) is 117 Å². The van der Waals surface area contributed by atoms with Crippen molar-refractivity contribution in [2.24, 2.45) is 17.8 Å². The van der Waals surface area contributed by atoms with Crippen LogP contribution in [0.3, 0.4) is 0 Å². The number of methoxy groups -OCH3 is 4. The number of benzene rings is 9. The number of aryl methyl sites for hydroxylation is 5. The number of nitrogens with zero attached hydrogens (tertiary/aromatic N) is 3. The fraction of sp³-hybridized carbons (Fsp3) is 0.412. The molecule has 6 aliphatic rings. The van der Waals surface area contributed by atoms with Gasteiger partial charge in [-0.25, -0.2) is 0 Å². The molecule has 6 N–H and O–H groups in total. The van der Waals surface area contributed by atoms with E-state index in [1.165, 1.54) is 24.0 Å². The maximum atomic E-state index is 13.9. The second-order valence-corrected chi connectivity index (χ2v) is 36.9. The van der Waals surface area contributed by atoms with Gasteiger partial charge in [0.2, 0.25) is 17.7 Å². The Morgan fingerprint density at radius 1 is 0.368 bits per heavy atom. The summed E-state index contributed by atoms with van der Waals surface area (Å²) < 4.78 is 56.0. The van der Waals surface area contributed by atoms with Gasteiger partial charge in [-0.3, -0.25) is 38.6 Å². The van der Waals surface area contributed by atoms with E-state index in [0.717, 1.165) is 85.1 Å². The Labute approximate surface area is 808 Å². The van der Waals surface area contributed by atoms with Crippen LogP contribution in [0.1, 0.15) is 133 Å². The molecule has 3 heterocycles. The van der Waals surface area contributed by atoms with Crippen LogP contribution in [0, 0.1) is 52.4 Å². The van der Waals surface area contributed by atoms with E-state index >= 15 is 0 Å². The Kier molecular flexibility index (Phi) is 36.1. The lowest BCUT2D eigenvalue weighted by Gasteiger charge is -2.38. The van der Waals surface area contributed by atoms with Crippen molar-refractivity contribution in [2.45, 2.75) is 148 Å². The molecule has 708 valence electrons. The lowest BCUT2D eigenvalue weighted by molar-refractivity contribution is -0.138. The summed E-state index contributed by atoms with van der Waals surface area (Å²) in [5, 5.41) is 21.7. The van der Waals surface area contributed by atoms with Crippen molar-refractivity contribution in [1.29, 1.82) is 0 Å². The van der Waals surface area contributed by atoms with E-state index in [1.807, 2.05) is 62.1 Å². The smallest absolute Gasteiger partial charge is 0.251 e. The van der Waals surface area contributed by atoms with Gasteiger partial charge in [0.1, 0.15) is 56.9 Å². The number of nitrogens with one attached hydrogen (secondary N) is 6. The van der Waals surface area contributed by atoms with Gasteiger partial charge in [0.25, 0.3) is 17.7 Å². The summed E-state index contributed by atoms with van der Waals surface area (Å²) in [5.41, 5.74) is 9.65. The lowest BCUT2D eigenvalue weighted by Crippen LogP contribution is -2.56. The highest BCUT2D eigenvalue weighted by atomic mass is 35.5. The standard InChI is InChI=1S/2C34H39Cl2N3O6.C34H39Cl2N3O4/c1-21-16-27(35)32(28(36)17-21)45-15-14-44-25-9-5-23(6-10-25)33(40)38-29-12-13-37-19-26(29)34(41)39(24-7-8-24)20-22-4-11-30(42-2)31(18-22)43-3;1-21-16-27(35)32(28(36)17-21)45-15-14-44-25-9-5-23(6-10-25)33(40)38-29-12-13-39(24-7-8-24)20-26(29)34(41)37-19-22-4-11-30(42-2)31(18-22)43-3;1-21-14-22(2)16-24(15-21)19-37-34(41)28-20-39(26-6-7-26)11-10-31(28)38-33(40)25-4-8-27(9-5-25)42-12-13-43-32-29(35)17-23(3)18-30(32)36/h4-6,9-11,16-18,24,26,29,37H,7-8,12-15,19-20H2,1-3H3,(H,38,40);4-6,9-11,16-18,24,26,29H,7-8,12-15,19-20H2,1-3H3,(H,37,41)(H,38,40);4-5,8-9,14-18,26,28,31H,6-7,10-13,19-20H2,1-3H3,(H,37,41)(H,38,40).